The topological polar surface area (TPSA) is 77.1 Å². The highest BCUT2D eigenvalue weighted by Gasteiger charge is 2.16. The van der Waals surface area contributed by atoms with Crippen LogP contribution in [0.5, 0.6) is 0 Å². The normalized spacial score (nSPS) is 11.1. The molecule has 0 aliphatic rings. The zero-order chi connectivity index (χ0) is 20.6. The van der Waals surface area contributed by atoms with Crippen molar-refractivity contribution in [3.63, 3.8) is 0 Å². The second-order valence-corrected chi connectivity index (χ2v) is 6.33. The van der Waals surface area contributed by atoms with Gasteiger partial charge in [-0.1, -0.05) is 42.5 Å². The second kappa shape index (κ2) is 9.49. The maximum atomic E-state index is 12.2. The van der Waals surface area contributed by atoms with Crippen molar-refractivity contribution in [2.45, 2.75) is 6.92 Å². The van der Waals surface area contributed by atoms with Gasteiger partial charge in [0.2, 0.25) is 0 Å². The van der Waals surface area contributed by atoms with Crippen molar-refractivity contribution in [1.29, 1.82) is 5.26 Å². The van der Waals surface area contributed by atoms with E-state index in [1.54, 1.807) is 10.9 Å². The van der Waals surface area contributed by atoms with Crippen molar-refractivity contribution in [2.24, 2.45) is 0 Å². The number of methoxy groups -OCH3 is 1. The molecule has 146 valence electrons. The van der Waals surface area contributed by atoms with Gasteiger partial charge in [-0.3, -0.25) is 0 Å². The molecule has 6 nitrogen and oxygen atoms in total. The zero-order valence-electron chi connectivity index (χ0n) is 16.3. The Bertz CT molecular complexity index is 1060. The summed E-state index contributed by atoms with van der Waals surface area (Å²) in [5, 5.41) is 14.2. The summed E-state index contributed by atoms with van der Waals surface area (Å²) in [6, 6.07) is 19.4. The number of esters is 1. The quantitative estimate of drug-likeness (QED) is 0.266. The van der Waals surface area contributed by atoms with E-state index in [1.807, 2.05) is 67.6 Å². The van der Waals surface area contributed by atoms with Crippen LogP contribution in [-0.2, 0) is 14.3 Å². The number of aromatic nitrogens is 2. The first-order chi connectivity index (χ1) is 14.1. The van der Waals surface area contributed by atoms with E-state index in [2.05, 4.69) is 0 Å². The number of hydrogen-bond acceptors (Lipinski definition) is 5. The molecule has 0 fully saturated rings. The molecule has 0 aliphatic heterocycles. The first-order valence-corrected chi connectivity index (χ1v) is 9.13. The van der Waals surface area contributed by atoms with Crippen molar-refractivity contribution in [1.82, 2.24) is 9.78 Å². The highest BCUT2D eigenvalue weighted by Crippen LogP contribution is 2.28. The monoisotopic (exact) mass is 387 g/mol. The molecule has 0 aliphatic carbocycles. The molecule has 0 N–H and O–H groups in total. The van der Waals surface area contributed by atoms with Gasteiger partial charge in [0, 0.05) is 24.4 Å². The Labute approximate surface area is 169 Å². The van der Waals surface area contributed by atoms with Gasteiger partial charge in [-0.25, -0.2) is 9.48 Å². The van der Waals surface area contributed by atoms with E-state index in [1.165, 1.54) is 13.2 Å². The van der Waals surface area contributed by atoms with Crippen LogP contribution in [0.3, 0.4) is 0 Å². The molecule has 6 heteroatoms. The van der Waals surface area contributed by atoms with Gasteiger partial charge in [-0.2, -0.15) is 10.4 Å². The number of ether oxygens (including phenoxy) is 2. The molecule has 3 rings (SSSR count). The summed E-state index contributed by atoms with van der Waals surface area (Å²) in [6.45, 7) is 2.35. The summed E-state index contributed by atoms with van der Waals surface area (Å²) >= 11 is 0. The van der Waals surface area contributed by atoms with Crippen LogP contribution in [-0.4, -0.2) is 36.1 Å². The van der Waals surface area contributed by atoms with E-state index in [-0.39, 0.29) is 18.8 Å². The zero-order valence-corrected chi connectivity index (χ0v) is 16.3. The summed E-state index contributed by atoms with van der Waals surface area (Å²) in [5.74, 6) is -0.687. The standard InChI is InChI=1S/C23H21N3O3/c1-17-8-6-7-11-21(17)22-19(14-18(15-24)23(27)29-13-12-28-2)16-26(25-22)20-9-4-3-5-10-20/h3-11,14,16H,12-13H2,1-2H3/b18-14+. The Morgan fingerprint density at radius 2 is 1.86 bits per heavy atom. The molecule has 0 saturated heterocycles. The van der Waals surface area contributed by atoms with Gasteiger partial charge < -0.3 is 9.47 Å². The second-order valence-electron chi connectivity index (χ2n) is 6.33. The number of para-hydroxylation sites is 1. The number of nitriles is 1. The minimum atomic E-state index is -0.687. The maximum Gasteiger partial charge on any atom is 0.348 e. The van der Waals surface area contributed by atoms with Crippen LogP contribution in [0.1, 0.15) is 11.1 Å². The van der Waals surface area contributed by atoms with E-state index >= 15 is 0 Å². The van der Waals surface area contributed by atoms with Crippen molar-refractivity contribution in [3.05, 3.63) is 77.5 Å². The highest BCUT2D eigenvalue weighted by molar-refractivity contribution is 5.98. The van der Waals surface area contributed by atoms with Crippen molar-refractivity contribution >= 4 is 12.0 Å². The minimum absolute atomic E-state index is 0.0856. The molecular formula is C23H21N3O3. The first kappa shape index (κ1) is 20.1. The summed E-state index contributed by atoms with van der Waals surface area (Å²) in [5.41, 5.74) is 4.10. The van der Waals surface area contributed by atoms with E-state index in [0.29, 0.717) is 11.3 Å². The fourth-order valence-corrected chi connectivity index (χ4v) is 2.84. The van der Waals surface area contributed by atoms with E-state index in [0.717, 1.165) is 16.8 Å². The molecular weight excluding hydrogens is 366 g/mol. The number of nitrogens with zero attached hydrogens (tertiary/aromatic N) is 3. The summed E-state index contributed by atoms with van der Waals surface area (Å²) < 4.78 is 11.7. The lowest BCUT2D eigenvalue weighted by atomic mass is 10.0. The predicted octanol–water partition coefficient (Wildman–Crippen LogP) is 3.94. The molecule has 0 saturated carbocycles. The van der Waals surface area contributed by atoms with E-state index < -0.39 is 5.97 Å². The van der Waals surface area contributed by atoms with Crippen LogP contribution in [0.25, 0.3) is 23.0 Å². The molecule has 1 aromatic heterocycles. The smallest absolute Gasteiger partial charge is 0.348 e. The number of aryl methyl sites for hydroxylation is 1. The molecule has 0 unspecified atom stereocenters. The Morgan fingerprint density at radius 3 is 2.55 bits per heavy atom. The number of rotatable bonds is 7. The fourth-order valence-electron chi connectivity index (χ4n) is 2.84. The molecule has 3 aromatic rings. The minimum Gasteiger partial charge on any atom is -0.459 e. The molecule has 0 amide bonds. The third-order valence-corrected chi connectivity index (χ3v) is 4.32. The van der Waals surface area contributed by atoms with Crippen LogP contribution < -0.4 is 0 Å². The van der Waals surface area contributed by atoms with Crippen LogP contribution in [0, 0.1) is 18.3 Å². The van der Waals surface area contributed by atoms with Crippen molar-refractivity contribution in [3.8, 4) is 23.0 Å². The molecule has 0 bridgehead atoms. The van der Waals surface area contributed by atoms with Crippen LogP contribution in [0.2, 0.25) is 0 Å². The van der Waals surface area contributed by atoms with Crippen LogP contribution in [0.15, 0.2) is 66.4 Å². The van der Waals surface area contributed by atoms with Crippen LogP contribution >= 0.6 is 0 Å². The Hall–Kier alpha value is -3.69. The lowest BCUT2D eigenvalue weighted by Gasteiger charge is -2.05. The third kappa shape index (κ3) is 4.78. The van der Waals surface area contributed by atoms with Gasteiger partial charge in [0.15, 0.2) is 0 Å². The van der Waals surface area contributed by atoms with Gasteiger partial charge >= 0.3 is 5.97 Å². The molecule has 1 heterocycles. The lowest BCUT2D eigenvalue weighted by Crippen LogP contribution is -2.11. The summed E-state index contributed by atoms with van der Waals surface area (Å²) in [6.07, 6.45) is 3.32. The first-order valence-electron chi connectivity index (χ1n) is 9.13. The van der Waals surface area contributed by atoms with Gasteiger partial charge in [0.05, 0.1) is 12.3 Å². The average molecular weight is 387 g/mol. The molecule has 29 heavy (non-hydrogen) atoms. The number of carbonyl (C=O) groups excluding carboxylic acids is 1. The summed E-state index contributed by atoms with van der Waals surface area (Å²) in [4.78, 5) is 12.2. The summed E-state index contributed by atoms with van der Waals surface area (Å²) in [7, 11) is 1.52. The van der Waals surface area contributed by atoms with Gasteiger partial charge in [0.25, 0.3) is 0 Å². The van der Waals surface area contributed by atoms with Crippen molar-refractivity contribution < 1.29 is 14.3 Å². The number of carbonyl (C=O) groups is 1. The van der Waals surface area contributed by atoms with E-state index in [4.69, 9.17) is 14.6 Å². The van der Waals surface area contributed by atoms with Gasteiger partial charge in [0.1, 0.15) is 23.9 Å². The predicted molar refractivity (Wildman–Crippen MR) is 110 cm³/mol. The molecule has 0 radical (unpaired) electrons. The Balaban J connectivity index is 2.06. The van der Waals surface area contributed by atoms with Crippen LogP contribution in [0.4, 0.5) is 0 Å². The molecule has 0 atom stereocenters. The Kier molecular flexibility index (Phi) is 6.56. The molecule has 0 spiro atoms. The van der Waals surface area contributed by atoms with Gasteiger partial charge in [-0.05, 0) is 30.7 Å². The fraction of sp³-hybridized carbons (Fsp3) is 0.174. The highest BCUT2D eigenvalue weighted by atomic mass is 16.6. The maximum absolute atomic E-state index is 12.2. The number of hydrogen-bond donors (Lipinski definition) is 0. The Morgan fingerprint density at radius 1 is 1.14 bits per heavy atom. The number of benzene rings is 2. The third-order valence-electron chi connectivity index (χ3n) is 4.32. The molecule has 2 aromatic carbocycles. The largest absolute Gasteiger partial charge is 0.459 e. The lowest BCUT2D eigenvalue weighted by molar-refractivity contribution is -0.139. The van der Waals surface area contributed by atoms with E-state index in [9.17, 15) is 10.1 Å². The van der Waals surface area contributed by atoms with Gasteiger partial charge in [-0.15, -0.1) is 0 Å². The SMILES string of the molecule is COCCOC(=O)/C(C#N)=C/c1cn(-c2ccccc2)nc1-c1ccccc1C. The van der Waals surface area contributed by atoms with Crippen molar-refractivity contribution in [2.75, 3.05) is 20.3 Å². The average Bonchev–Trinajstić information content (AvgIpc) is 3.16.